The van der Waals surface area contributed by atoms with Crippen LogP contribution in [-0.2, 0) is 9.53 Å². The van der Waals surface area contributed by atoms with Crippen LogP contribution >= 0.6 is 0 Å². The normalized spacial score (nSPS) is 23.3. The third kappa shape index (κ3) is 2.72. The van der Waals surface area contributed by atoms with Gasteiger partial charge in [-0.15, -0.1) is 0 Å². The Hall–Kier alpha value is -1.51. The predicted molar refractivity (Wildman–Crippen MR) is 58.3 cm³/mol. The maximum atomic E-state index is 11.6. The van der Waals surface area contributed by atoms with E-state index in [1.807, 2.05) is 13.8 Å². The largest absolute Gasteiger partial charge is 0.509 e. The lowest BCUT2D eigenvalue weighted by molar-refractivity contribution is -0.129. The average Bonchev–Trinajstić information content (AvgIpc) is 2.45. The number of ketones is 1. The van der Waals surface area contributed by atoms with Crippen molar-refractivity contribution in [2.24, 2.45) is 5.92 Å². The Kier molecular flexibility index (Phi) is 3.35. The highest BCUT2D eigenvalue weighted by molar-refractivity contribution is 5.86. The molecule has 0 aromatic carbocycles. The predicted octanol–water partition coefficient (Wildman–Crippen LogP) is 2.51. The van der Waals surface area contributed by atoms with Gasteiger partial charge in [0.25, 0.3) is 0 Å². The Bertz CT molecular complexity index is 337. The molecule has 1 unspecified atom stereocenters. The van der Waals surface area contributed by atoms with Gasteiger partial charge in [0, 0.05) is 17.9 Å². The molecule has 0 saturated carbocycles. The van der Waals surface area contributed by atoms with Gasteiger partial charge >= 0.3 is 0 Å². The number of aliphatic hydroxyl groups excluding tert-OH is 1. The molecule has 3 nitrogen and oxygen atoms in total. The SMILES string of the molecule is C=C(O)/C=C1/CC(C(=O)C(C)C)OC1=C. The zero-order valence-electron chi connectivity index (χ0n) is 9.12. The van der Waals surface area contributed by atoms with E-state index in [1.54, 1.807) is 0 Å². The van der Waals surface area contributed by atoms with Gasteiger partial charge in [0.1, 0.15) is 11.5 Å². The Morgan fingerprint density at radius 3 is 2.73 bits per heavy atom. The highest BCUT2D eigenvalue weighted by Gasteiger charge is 2.31. The molecule has 0 radical (unpaired) electrons. The van der Waals surface area contributed by atoms with Crippen molar-refractivity contribution in [1.29, 1.82) is 0 Å². The Labute approximate surface area is 89.7 Å². The summed E-state index contributed by atoms with van der Waals surface area (Å²) in [4.78, 5) is 11.6. The standard InChI is InChI=1S/C12H16O3/c1-7(2)12(14)11-6-10(5-8(3)13)9(4)15-11/h5,7,11,13H,3-4,6H2,1-2H3/b10-5-. The van der Waals surface area contributed by atoms with Crippen LogP contribution in [0.25, 0.3) is 0 Å². The van der Waals surface area contributed by atoms with Gasteiger partial charge in [0.05, 0.1) is 0 Å². The number of hydrogen-bond acceptors (Lipinski definition) is 3. The van der Waals surface area contributed by atoms with Crippen molar-refractivity contribution < 1.29 is 14.6 Å². The second-order valence-corrected chi connectivity index (χ2v) is 3.95. The quantitative estimate of drug-likeness (QED) is 0.725. The summed E-state index contributed by atoms with van der Waals surface area (Å²) in [5, 5.41) is 9.01. The minimum atomic E-state index is -0.455. The molecule has 1 N–H and O–H groups in total. The van der Waals surface area contributed by atoms with Gasteiger partial charge in [-0.25, -0.2) is 0 Å². The summed E-state index contributed by atoms with van der Waals surface area (Å²) < 4.78 is 5.33. The highest BCUT2D eigenvalue weighted by Crippen LogP contribution is 2.30. The van der Waals surface area contributed by atoms with Crippen LogP contribution in [-0.4, -0.2) is 17.0 Å². The van der Waals surface area contributed by atoms with Gasteiger partial charge in [0.2, 0.25) is 0 Å². The smallest absolute Gasteiger partial charge is 0.176 e. The van der Waals surface area contributed by atoms with Crippen LogP contribution < -0.4 is 0 Å². The van der Waals surface area contributed by atoms with Gasteiger partial charge in [-0.05, 0) is 6.08 Å². The highest BCUT2D eigenvalue weighted by atomic mass is 16.5. The van der Waals surface area contributed by atoms with Crippen molar-refractivity contribution in [3.05, 3.63) is 36.3 Å². The third-order valence-electron chi connectivity index (χ3n) is 2.28. The molecule has 3 heteroatoms. The summed E-state index contributed by atoms with van der Waals surface area (Å²) in [6.07, 6.45) is 1.49. The number of Topliss-reactive ketones (excluding diaryl/α,β-unsaturated/α-hetero) is 1. The van der Waals surface area contributed by atoms with Crippen LogP contribution in [0.3, 0.4) is 0 Å². The number of rotatable bonds is 3. The summed E-state index contributed by atoms with van der Waals surface area (Å²) in [5.41, 5.74) is 0.738. The number of allylic oxidation sites excluding steroid dienone is 2. The lowest BCUT2D eigenvalue weighted by Crippen LogP contribution is -2.23. The van der Waals surface area contributed by atoms with Gasteiger partial charge in [-0.2, -0.15) is 0 Å². The van der Waals surface area contributed by atoms with Crippen molar-refractivity contribution in [2.45, 2.75) is 26.4 Å². The Morgan fingerprint density at radius 2 is 2.27 bits per heavy atom. The number of carbonyl (C=O) groups is 1. The molecule has 1 aliphatic rings. The van der Waals surface area contributed by atoms with Crippen LogP contribution in [0.5, 0.6) is 0 Å². The number of ether oxygens (including phenoxy) is 1. The molecule has 1 atom stereocenters. The summed E-state index contributed by atoms with van der Waals surface area (Å²) in [7, 11) is 0. The second kappa shape index (κ2) is 4.34. The maximum Gasteiger partial charge on any atom is 0.176 e. The van der Waals surface area contributed by atoms with Crippen LogP contribution in [0.15, 0.2) is 36.3 Å². The molecule has 0 aliphatic carbocycles. The van der Waals surface area contributed by atoms with Crippen molar-refractivity contribution in [3.8, 4) is 0 Å². The van der Waals surface area contributed by atoms with Gasteiger partial charge < -0.3 is 9.84 Å². The van der Waals surface area contributed by atoms with Crippen molar-refractivity contribution >= 4 is 5.78 Å². The molecule has 1 saturated heterocycles. The second-order valence-electron chi connectivity index (χ2n) is 3.95. The molecule has 1 fully saturated rings. The molecule has 82 valence electrons. The summed E-state index contributed by atoms with van der Waals surface area (Å²) >= 11 is 0. The monoisotopic (exact) mass is 208 g/mol. The first-order valence-electron chi connectivity index (χ1n) is 4.90. The fraction of sp³-hybridized carbons (Fsp3) is 0.417. The molecule has 1 heterocycles. The first-order valence-corrected chi connectivity index (χ1v) is 4.90. The van der Waals surface area contributed by atoms with E-state index < -0.39 is 6.10 Å². The van der Waals surface area contributed by atoms with E-state index in [1.165, 1.54) is 6.08 Å². The lowest BCUT2D eigenvalue weighted by atomic mass is 10.00. The van der Waals surface area contributed by atoms with Crippen LogP contribution in [0, 0.1) is 5.92 Å². The first kappa shape index (κ1) is 11.6. The fourth-order valence-corrected chi connectivity index (χ4v) is 1.47. The van der Waals surface area contributed by atoms with Crippen molar-refractivity contribution in [1.82, 2.24) is 0 Å². The first-order chi connectivity index (χ1) is 6.91. The Balaban J connectivity index is 2.76. The van der Waals surface area contributed by atoms with E-state index in [2.05, 4.69) is 13.2 Å². The molecular formula is C12H16O3. The van der Waals surface area contributed by atoms with Crippen molar-refractivity contribution in [3.63, 3.8) is 0 Å². The summed E-state index contributed by atoms with van der Waals surface area (Å²) in [6.45, 7) is 10.7. The van der Waals surface area contributed by atoms with E-state index in [4.69, 9.17) is 9.84 Å². The molecule has 0 bridgehead atoms. The van der Waals surface area contributed by atoms with Crippen LogP contribution in [0.2, 0.25) is 0 Å². The molecule has 15 heavy (non-hydrogen) atoms. The van der Waals surface area contributed by atoms with Crippen molar-refractivity contribution in [2.75, 3.05) is 0 Å². The molecular weight excluding hydrogens is 192 g/mol. The number of aliphatic hydroxyl groups is 1. The Morgan fingerprint density at radius 1 is 1.67 bits per heavy atom. The van der Waals surface area contributed by atoms with E-state index >= 15 is 0 Å². The fourth-order valence-electron chi connectivity index (χ4n) is 1.47. The zero-order chi connectivity index (χ0) is 11.6. The van der Waals surface area contributed by atoms with E-state index in [0.29, 0.717) is 12.2 Å². The number of hydrogen-bond donors (Lipinski definition) is 1. The zero-order valence-corrected chi connectivity index (χ0v) is 9.12. The average molecular weight is 208 g/mol. The van der Waals surface area contributed by atoms with E-state index in [-0.39, 0.29) is 17.5 Å². The van der Waals surface area contributed by atoms with E-state index in [9.17, 15) is 4.79 Å². The minimum absolute atomic E-state index is 0.0487. The van der Waals surface area contributed by atoms with Gasteiger partial charge in [-0.3, -0.25) is 4.79 Å². The molecule has 0 spiro atoms. The van der Waals surface area contributed by atoms with Gasteiger partial charge in [0.15, 0.2) is 11.9 Å². The maximum absolute atomic E-state index is 11.6. The van der Waals surface area contributed by atoms with Gasteiger partial charge in [-0.1, -0.05) is 27.0 Å². The lowest BCUT2D eigenvalue weighted by Gasteiger charge is -2.10. The summed E-state index contributed by atoms with van der Waals surface area (Å²) in [6, 6.07) is 0. The van der Waals surface area contributed by atoms with Crippen LogP contribution in [0.4, 0.5) is 0 Å². The molecule has 1 aliphatic heterocycles. The van der Waals surface area contributed by atoms with Crippen LogP contribution in [0.1, 0.15) is 20.3 Å². The molecule has 1 rings (SSSR count). The molecule has 0 aromatic rings. The minimum Gasteiger partial charge on any atom is -0.509 e. The number of carbonyl (C=O) groups excluding carboxylic acids is 1. The molecule has 0 amide bonds. The molecule has 0 aromatic heterocycles. The summed E-state index contributed by atoms with van der Waals surface area (Å²) in [5.74, 6) is 0.402. The topological polar surface area (TPSA) is 46.5 Å². The van der Waals surface area contributed by atoms with E-state index in [0.717, 1.165) is 5.57 Å². The third-order valence-corrected chi connectivity index (χ3v) is 2.28.